The highest BCUT2D eigenvalue weighted by atomic mass is 16.2. The van der Waals surface area contributed by atoms with E-state index in [0.717, 1.165) is 55.5 Å². The van der Waals surface area contributed by atoms with Crippen LogP contribution in [0.4, 0.5) is 10.5 Å². The second-order valence-corrected chi connectivity index (χ2v) is 8.58. The average molecular weight is 415 g/mol. The molecule has 3 N–H and O–H groups in total. The Morgan fingerprint density at radius 3 is 2.40 bits per heavy atom. The third-order valence-corrected chi connectivity index (χ3v) is 6.28. The van der Waals surface area contributed by atoms with Crippen molar-refractivity contribution < 1.29 is 14.4 Å². The van der Waals surface area contributed by atoms with Crippen molar-refractivity contribution in [1.29, 1.82) is 0 Å². The number of anilines is 1. The van der Waals surface area contributed by atoms with Crippen molar-refractivity contribution in [3.63, 3.8) is 0 Å². The van der Waals surface area contributed by atoms with Crippen LogP contribution < -0.4 is 16.0 Å². The molecule has 7 nitrogen and oxygen atoms in total. The highest BCUT2D eigenvalue weighted by Gasteiger charge is 2.40. The lowest BCUT2D eigenvalue weighted by atomic mass is 9.81. The van der Waals surface area contributed by atoms with Crippen molar-refractivity contribution in [3.05, 3.63) is 29.3 Å². The van der Waals surface area contributed by atoms with E-state index in [1.165, 1.54) is 0 Å². The van der Waals surface area contributed by atoms with Gasteiger partial charge in [0.1, 0.15) is 5.54 Å². The van der Waals surface area contributed by atoms with Gasteiger partial charge in [-0.2, -0.15) is 0 Å². The van der Waals surface area contributed by atoms with Crippen LogP contribution in [-0.2, 0) is 9.59 Å². The standard InChI is InChI=1S/C23H34N4O3/c1-17-9-6-10-18(2)20(17)25-22(30)26-23(12-4-3-5-13-23)21(29)24-14-8-16-27-15-7-11-19(27)28/h6,9-10H,3-5,7-8,11-16H2,1-2H3,(H,24,29)(H2,25,26,30). The van der Waals surface area contributed by atoms with Gasteiger partial charge in [-0.3, -0.25) is 9.59 Å². The van der Waals surface area contributed by atoms with Crippen molar-refractivity contribution in [3.8, 4) is 0 Å². The SMILES string of the molecule is Cc1cccc(C)c1NC(=O)NC1(C(=O)NCCCN2CCCC2=O)CCCCC1. The number of aryl methyl sites for hydroxylation is 2. The predicted molar refractivity (Wildman–Crippen MR) is 117 cm³/mol. The van der Waals surface area contributed by atoms with E-state index in [0.29, 0.717) is 32.4 Å². The van der Waals surface area contributed by atoms with Crippen molar-refractivity contribution in [2.24, 2.45) is 0 Å². The van der Waals surface area contributed by atoms with Gasteiger partial charge in [0.15, 0.2) is 0 Å². The molecule has 0 aromatic heterocycles. The normalized spacial score (nSPS) is 18.2. The monoisotopic (exact) mass is 414 g/mol. The van der Waals surface area contributed by atoms with Crippen molar-refractivity contribution in [1.82, 2.24) is 15.5 Å². The number of carbonyl (C=O) groups excluding carboxylic acids is 3. The van der Waals surface area contributed by atoms with Gasteiger partial charge in [0.05, 0.1) is 0 Å². The van der Waals surface area contributed by atoms with E-state index < -0.39 is 5.54 Å². The van der Waals surface area contributed by atoms with E-state index in [2.05, 4.69) is 16.0 Å². The summed E-state index contributed by atoms with van der Waals surface area (Å²) < 4.78 is 0. The molecule has 0 unspecified atom stereocenters. The van der Waals surface area contributed by atoms with Crippen molar-refractivity contribution >= 4 is 23.5 Å². The number of nitrogens with zero attached hydrogens (tertiary/aromatic N) is 1. The van der Waals surface area contributed by atoms with E-state index >= 15 is 0 Å². The van der Waals surface area contributed by atoms with Crippen molar-refractivity contribution in [2.75, 3.05) is 25.0 Å². The summed E-state index contributed by atoms with van der Waals surface area (Å²) in [6.45, 7) is 5.90. The van der Waals surface area contributed by atoms with Crippen molar-refractivity contribution in [2.45, 2.75) is 70.8 Å². The summed E-state index contributed by atoms with van der Waals surface area (Å²) >= 11 is 0. The van der Waals surface area contributed by atoms with Crippen LogP contribution in [0.5, 0.6) is 0 Å². The molecule has 1 aromatic rings. The minimum absolute atomic E-state index is 0.119. The number of urea groups is 1. The molecule has 1 aliphatic carbocycles. The molecule has 7 heteroatoms. The Hall–Kier alpha value is -2.57. The van der Waals surface area contributed by atoms with Crippen LogP contribution in [0.1, 0.15) is 62.5 Å². The smallest absolute Gasteiger partial charge is 0.320 e. The first kappa shape index (κ1) is 22.1. The van der Waals surface area contributed by atoms with E-state index in [4.69, 9.17) is 0 Å². The second-order valence-electron chi connectivity index (χ2n) is 8.58. The molecule has 1 saturated heterocycles. The Bertz CT molecular complexity index is 766. The van der Waals surface area contributed by atoms with Crippen LogP contribution in [-0.4, -0.2) is 47.9 Å². The topological polar surface area (TPSA) is 90.5 Å². The molecule has 0 atom stereocenters. The average Bonchev–Trinajstić information content (AvgIpc) is 3.13. The van der Waals surface area contributed by atoms with Gasteiger partial charge in [0.25, 0.3) is 0 Å². The molecule has 3 rings (SSSR count). The molecule has 164 valence electrons. The molecule has 1 heterocycles. The Morgan fingerprint density at radius 2 is 1.77 bits per heavy atom. The van der Waals surface area contributed by atoms with E-state index in [9.17, 15) is 14.4 Å². The first-order valence-electron chi connectivity index (χ1n) is 11.1. The summed E-state index contributed by atoms with van der Waals surface area (Å²) in [5.74, 6) is 0.0847. The number of para-hydroxylation sites is 1. The third kappa shape index (κ3) is 5.32. The first-order valence-corrected chi connectivity index (χ1v) is 11.1. The molecular formula is C23H34N4O3. The number of rotatable bonds is 7. The highest BCUT2D eigenvalue weighted by molar-refractivity contribution is 5.97. The van der Waals surface area contributed by atoms with Crippen LogP contribution in [0, 0.1) is 13.8 Å². The Morgan fingerprint density at radius 1 is 1.07 bits per heavy atom. The maximum absolute atomic E-state index is 13.1. The summed E-state index contributed by atoms with van der Waals surface area (Å²) in [6, 6.07) is 5.53. The predicted octanol–water partition coefficient (Wildman–Crippen LogP) is 3.26. The zero-order valence-corrected chi connectivity index (χ0v) is 18.2. The third-order valence-electron chi connectivity index (χ3n) is 6.28. The lowest BCUT2D eigenvalue weighted by molar-refractivity contribution is -0.128. The summed E-state index contributed by atoms with van der Waals surface area (Å²) in [7, 11) is 0. The molecule has 0 spiro atoms. The van der Waals surface area contributed by atoms with Crippen LogP contribution in [0.15, 0.2) is 18.2 Å². The van der Waals surface area contributed by atoms with Gasteiger partial charge in [-0.1, -0.05) is 37.5 Å². The van der Waals surface area contributed by atoms with Gasteiger partial charge in [-0.15, -0.1) is 0 Å². The van der Waals surface area contributed by atoms with Gasteiger partial charge in [-0.05, 0) is 50.7 Å². The summed E-state index contributed by atoms with van der Waals surface area (Å²) in [5, 5.41) is 8.94. The maximum atomic E-state index is 13.1. The quantitative estimate of drug-likeness (QED) is 0.598. The molecule has 1 saturated carbocycles. The highest BCUT2D eigenvalue weighted by Crippen LogP contribution is 2.29. The number of hydrogen-bond acceptors (Lipinski definition) is 3. The number of benzene rings is 1. The van der Waals surface area contributed by atoms with Crippen LogP contribution in [0.25, 0.3) is 0 Å². The second kappa shape index (κ2) is 9.96. The van der Waals surface area contributed by atoms with Crippen LogP contribution in [0.3, 0.4) is 0 Å². The first-order chi connectivity index (χ1) is 14.4. The molecule has 1 aromatic carbocycles. The number of carbonyl (C=O) groups is 3. The lowest BCUT2D eigenvalue weighted by Gasteiger charge is -2.36. The maximum Gasteiger partial charge on any atom is 0.320 e. The Labute approximate surface area is 179 Å². The molecule has 2 fully saturated rings. The molecular weight excluding hydrogens is 380 g/mol. The summed E-state index contributed by atoms with van der Waals surface area (Å²) in [6.07, 6.45) is 6.48. The fourth-order valence-electron chi connectivity index (χ4n) is 4.52. The Kier molecular flexibility index (Phi) is 7.34. The molecule has 0 radical (unpaired) electrons. The summed E-state index contributed by atoms with van der Waals surface area (Å²) in [5.41, 5.74) is 1.90. The fourth-order valence-corrected chi connectivity index (χ4v) is 4.52. The number of hydrogen-bond donors (Lipinski definition) is 3. The van der Waals surface area contributed by atoms with E-state index in [1.807, 2.05) is 36.9 Å². The largest absolute Gasteiger partial charge is 0.354 e. The zero-order valence-electron chi connectivity index (χ0n) is 18.2. The lowest BCUT2D eigenvalue weighted by Crippen LogP contribution is -2.60. The van der Waals surface area contributed by atoms with E-state index in [1.54, 1.807) is 0 Å². The molecule has 1 aliphatic heterocycles. The van der Waals surface area contributed by atoms with Crippen LogP contribution in [0.2, 0.25) is 0 Å². The molecule has 30 heavy (non-hydrogen) atoms. The molecule has 4 amide bonds. The van der Waals surface area contributed by atoms with Gasteiger partial charge >= 0.3 is 6.03 Å². The van der Waals surface area contributed by atoms with Gasteiger partial charge in [-0.25, -0.2) is 4.79 Å². The van der Waals surface area contributed by atoms with Crippen LogP contribution >= 0.6 is 0 Å². The van der Waals surface area contributed by atoms with Gasteiger partial charge < -0.3 is 20.9 Å². The fraction of sp³-hybridized carbons (Fsp3) is 0.609. The van der Waals surface area contributed by atoms with Gasteiger partial charge in [0, 0.05) is 31.7 Å². The zero-order chi connectivity index (χ0) is 21.6. The minimum Gasteiger partial charge on any atom is -0.354 e. The minimum atomic E-state index is -0.873. The number of likely N-dealkylation sites (tertiary alicyclic amines) is 1. The van der Waals surface area contributed by atoms with Gasteiger partial charge in [0.2, 0.25) is 11.8 Å². The number of nitrogens with one attached hydrogen (secondary N) is 3. The molecule has 2 aliphatic rings. The number of amides is 4. The Balaban J connectivity index is 1.57. The summed E-state index contributed by atoms with van der Waals surface area (Å²) in [4.78, 5) is 39.4. The van der Waals surface area contributed by atoms with E-state index in [-0.39, 0.29) is 17.8 Å². The molecule has 0 bridgehead atoms.